The van der Waals surface area contributed by atoms with E-state index in [0.717, 1.165) is 18.7 Å². The Hall–Kier alpha value is -2.84. The molecule has 0 saturated carbocycles. The van der Waals surface area contributed by atoms with Crippen molar-refractivity contribution in [1.29, 1.82) is 0 Å². The monoisotopic (exact) mass is 345 g/mol. The molecule has 0 spiro atoms. The number of hydrogen-bond acceptors (Lipinski definition) is 6. The summed E-state index contributed by atoms with van der Waals surface area (Å²) < 4.78 is 7.04. The molecule has 9 nitrogen and oxygen atoms in total. The Balaban J connectivity index is 1.48. The Morgan fingerprint density at radius 2 is 2.16 bits per heavy atom. The van der Waals surface area contributed by atoms with Gasteiger partial charge < -0.3 is 20.3 Å². The van der Waals surface area contributed by atoms with E-state index in [1.54, 1.807) is 23.1 Å². The van der Waals surface area contributed by atoms with Gasteiger partial charge in [-0.3, -0.25) is 4.68 Å². The lowest BCUT2D eigenvalue weighted by atomic mass is 10.1. The lowest BCUT2D eigenvalue weighted by Crippen LogP contribution is -2.44. The fourth-order valence-corrected chi connectivity index (χ4v) is 2.77. The Bertz CT molecular complexity index is 710. The fourth-order valence-electron chi connectivity index (χ4n) is 2.77. The van der Waals surface area contributed by atoms with Crippen LogP contribution in [-0.2, 0) is 7.05 Å². The number of nitrogens with zero attached hydrogens (tertiary/aromatic N) is 5. The maximum absolute atomic E-state index is 12.3. The molecule has 2 aromatic rings. The largest absolute Gasteiger partial charge is 0.478 e. The molecule has 0 bridgehead atoms. The normalized spacial score (nSPS) is 15.0. The van der Waals surface area contributed by atoms with Crippen molar-refractivity contribution in [2.24, 2.45) is 7.05 Å². The van der Waals surface area contributed by atoms with Crippen molar-refractivity contribution in [3.05, 3.63) is 24.8 Å². The summed E-state index contributed by atoms with van der Waals surface area (Å²) in [4.78, 5) is 22.4. The van der Waals surface area contributed by atoms with Crippen LogP contribution in [0, 0.1) is 0 Å². The van der Waals surface area contributed by atoms with Crippen molar-refractivity contribution in [2.75, 3.05) is 30.3 Å². The van der Waals surface area contributed by atoms with Gasteiger partial charge in [-0.05, 0) is 19.8 Å². The molecule has 0 aliphatic carbocycles. The van der Waals surface area contributed by atoms with Crippen LogP contribution in [-0.4, -0.2) is 56.4 Å². The fraction of sp³-hybridized carbons (Fsp3) is 0.500. The van der Waals surface area contributed by atoms with E-state index in [-0.39, 0.29) is 12.1 Å². The SMILES string of the molecule is CCOc1cc(NC2CCN(C(=O)Nc3cnn(C)c3)CC2)ncn1. The molecule has 0 aromatic carbocycles. The van der Waals surface area contributed by atoms with Gasteiger partial charge in [-0.1, -0.05) is 0 Å². The minimum Gasteiger partial charge on any atom is -0.478 e. The first-order valence-electron chi connectivity index (χ1n) is 8.40. The van der Waals surface area contributed by atoms with Crippen LogP contribution in [0.15, 0.2) is 24.8 Å². The van der Waals surface area contributed by atoms with E-state index >= 15 is 0 Å². The van der Waals surface area contributed by atoms with Crippen molar-refractivity contribution in [1.82, 2.24) is 24.6 Å². The molecule has 0 radical (unpaired) electrons. The van der Waals surface area contributed by atoms with Gasteiger partial charge in [0, 0.05) is 38.4 Å². The van der Waals surface area contributed by atoms with Crippen LogP contribution in [0.2, 0.25) is 0 Å². The van der Waals surface area contributed by atoms with Crippen LogP contribution >= 0.6 is 0 Å². The maximum Gasteiger partial charge on any atom is 0.321 e. The van der Waals surface area contributed by atoms with Gasteiger partial charge in [-0.2, -0.15) is 5.10 Å². The van der Waals surface area contributed by atoms with Gasteiger partial charge in [0.05, 0.1) is 18.5 Å². The average Bonchev–Trinajstić information content (AvgIpc) is 3.01. The van der Waals surface area contributed by atoms with E-state index in [0.29, 0.717) is 31.3 Å². The molecule has 1 saturated heterocycles. The molecule has 2 amide bonds. The number of likely N-dealkylation sites (tertiary alicyclic amines) is 1. The number of urea groups is 1. The summed E-state index contributed by atoms with van der Waals surface area (Å²) >= 11 is 0. The third kappa shape index (κ3) is 4.59. The molecule has 2 aromatic heterocycles. The highest BCUT2D eigenvalue weighted by Crippen LogP contribution is 2.18. The molecule has 2 N–H and O–H groups in total. The van der Waals surface area contributed by atoms with Crippen LogP contribution in [0.1, 0.15) is 19.8 Å². The topological polar surface area (TPSA) is 97.2 Å². The zero-order valence-electron chi connectivity index (χ0n) is 14.5. The number of aromatic nitrogens is 4. The highest BCUT2D eigenvalue weighted by atomic mass is 16.5. The predicted octanol–water partition coefficient (Wildman–Crippen LogP) is 1.72. The molecule has 25 heavy (non-hydrogen) atoms. The molecule has 3 rings (SSSR count). The number of ether oxygens (including phenoxy) is 1. The van der Waals surface area contributed by atoms with Crippen molar-refractivity contribution >= 4 is 17.5 Å². The highest BCUT2D eigenvalue weighted by Gasteiger charge is 2.23. The van der Waals surface area contributed by atoms with E-state index in [4.69, 9.17) is 4.74 Å². The van der Waals surface area contributed by atoms with Gasteiger partial charge in [-0.15, -0.1) is 0 Å². The van der Waals surface area contributed by atoms with Gasteiger partial charge >= 0.3 is 6.03 Å². The standard InChI is InChI=1S/C16H23N7O2/c1-3-25-15-8-14(17-11-18-15)20-12-4-6-23(7-5-12)16(24)21-13-9-19-22(2)10-13/h8-12H,3-7H2,1-2H3,(H,21,24)(H,17,18,20). The molecular formula is C16H23N7O2. The van der Waals surface area contributed by atoms with E-state index in [2.05, 4.69) is 25.7 Å². The smallest absolute Gasteiger partial charge is 0.321 e. The number of hydrogen-bond donors (Lipinski definition) is 2. The predicted molar refractivity (Wildman–Crippen MR) is 93.6 cm³/mol. The van der Waals surface area contributed by atoms with Crippen LogP contribution in [0.4, 0.5) is 16.3 Å². The summed E-state index contributed by atoms with van der Waals surface area (Å²) in [5.41, 5.74) is 0.706. The second-order valence-corrected chi connectivity index (χ2v) is 5.91. The Morgan fingerprint density at radius 1 is 1.36 bits per heavy atom. The summed E-state index contributed by atoms with van der Waals surface area (Å²) in [5, 5.41) is 10.3. The van der Waals surface area contributed by atoms with E-state index in [1.807, 2.05) is 18.9 Å². The zero-order chi connectivity index (χ0) is 17.6. The summed E-state index contributed by atoms with van der Waals surface area (Å²) in [7, 11) is 1.82. The van der Waals surface area contributed by atoms with Gasteiger partial charge in [-0.25, -0.2) is 14.8 Å². The second-order valence-electron chi connectivity index (χ2n) is 5.91. The summed E-state index contributed by atoms with van der Waals surface area (Å²) in [6, 6.07) is 1.98. The van der Waals surface area contributed by atoms with E-state index in [1.165, 1.54) is 6.33 Å². The Kier molecular flexibility index (Phi) is 5.32. The molecule has 1 aliphatic heterocycles. The average molecular weight is 345 g/mol. The number of aryl methyl sites for hydroxylation is 1. The molecule has 3 heterocycles. The van der Waals surface area contributed by atoms with Crippen LogP contribution in [0.3, 0.4) is 0 Å². The minimum absolute atomic E-state index is 0.0906. The summed E-state index contributed by atoms with van der Waals surface area (Å²) in [5.74, 6) is 1.31. The second kappa shape index (κ2) is 7.82. The lowest BCUT2D eigenvalue weighted by molar-refractivity contribution is 0.197. The number of carbonyl (C=O) groups is 1. The molecule has 0 unspecified atom stereocenters. The Labute approximate surface area is 146 Å². The molecule has 0 atom stereocenters. The third-order valence-corrected chi connectivity index (χ3v) is 4.02. The number of piperidine rings is 1. The molecule has 9 heteroatoms. The zero-order valence-corrected chi connectivity index (χ0v) is 14.5. The maximum atomic E-state index is 12.3. The van der Waals surface area contributed by atoms with Crippen LogP contribution in [0.5, 0.6) is 5.88 Å². The highest BCUT2D eigenvalue weighted by molar-refractivity contribution is 5.89. The number of carbonyl (C=O) groups excluding carboxylic acids is 1. The van der Waals surface area contributed by atoms with E-state index < -0.39 is 0 Å². The first-order valence-corrected chi connectivity index (χ1v) is 8.40. The number of amides is 2. The Morgan fingerprint density at radius 3 is 2.84 bits per heavy atom. The first-order chi connectivity index (χ1) is 12.1. The van der Waals surface area contributed by atoms with Crippen molar-refractivity contribution < 1.29 is 9.53 Å². The van der Waals surface area contributed by atoms with Crippen molar-refractivity contribution in [2.45, 2.75) is 25.8 Å². The van der Waals surface area contributed by atoms with Gasteiger partial charge in [0.1, 0.15) is 12.1 Å². The van der Waals surface area contributed by atoms with Crippen LogP contribution < -0.4 is 15.4 Å². The molecule has 1 aliphatic rings. The molecule has 134 valence electrons. The first kappa shape index (κ1) is 17.0. The quantitative estimate of drug-likeness (QED) is 0.856. The lowest BCUT2D eigenvalue weighted by Gasteiger charge is -2.32. The number of nitrogens with one attached hydrogen (secondary N) is 2. The number of rotatable bonds is 5. The van der Waals surface area contributed by atoms with Crippen molar-refractivity contribution in [3.63, 3.8) is 0 Å². The van der Waals surface area contributed by atoms with Crippen molar-refractivity contribution in [3.8, 4) is 5.88 Å². The van der Waals surface area contributed by atoms with E-state index in [9.17, 15) is 4.79 Å². The third-order valence-electron chi connectivity index (χ3n) is 4.02. The summed E-state index contributed by atoms with van der Waals surface area (Å²) in [6.07, 6.45) is 6.61. The summed E-state index contributed by atoms with van der Waals surface area (Å²) in [6.45, 7) is 3.86. The number of anilines is 2. The van der Waals surface area contributed by atoms with Gasteiger partial charge in [0.2, 0.25) is 5.88 Å². The van der Waals surface area contributed by atoms with Gasteiger partial charge in [0.15, 0.2) is 0 Å². The molecular weight excluding hydrogens is 322 g/mol. The van der Waals surface area contributed by atoms with Gasteiger partial charge in [0.25, 0.3) is 0 Å². The molecule has 1 fully saturated rings. The minimum atomic E-state index is -0.0906. The van der Waals surface area contributed by atoms with Crippen LogP contribution in [0.25, 0.3) is 0 Å².